The van der Waals surface area contributed by atoms with E-state index in [0.717, 1.165) is 0 Å². The second kappa shape index (κ2) is 53.7. The van der Waals surface area contributed by atoms with Gasteiger partial charge in [-0.05, 0) is 59.8 Å². The van der Waals surface area contributed by atoms with Crippen LogP contribution in [0.3, 0.4) is 0 Å². The van der Waals surface area contributed by atoms with Crippen LogP contribution in [0.2, 0.25) is 0 Å². The smallest absolute Gasteiger partial charge is 0.330 e. The third-order valence-corrected chi connectivity index (χ3v) is 25.7. The number of nitrogens with two attached hydrogens (primary N) is 3. The summed E-state index contributed by atoms with van der Waals surface area (Å²) in [5, 5.41) is 192. The quantitative estimate of drug-likeness (QED) is 0.0842. The number of hydrogen-bond donors (Lipinski definition) is 21. The summed E-state index contributed by atoms with van der Waals surface area (Å²) in [4.78, 5) is 73.3. The van der Waals surface area contributed by atoms with E-state index < -0.39 is 292 Å². The lowest BCUT2D eigenvalue weighted by molar-refractivity contribution is -0.309. The average molecular weight is 2000 g/mol. The number of carbonyl (C=O) groups is 6. The molecule has 0 aromatic carbocycles. The molecule has 9 saturated heterocycles. The van der Waals surface area contributed by atoms with Gasteiger partial charge < -0.3 is 180 Å². The summed E-state index contributed by atoms with van der Waals surface area (Å²) in [6, 6.07) is -3.23. The molecule has 24 N–H and O–H groups in total. The molecule has 12 aliphatic rings. The third kappa shape index (κ3) is 35.5. The van der Waals surface area contributed by atoms with Crippen molar-refractivity contribution in [3.05, 3.63) is 182 Å². The normalized spacial score (nSPS) is 47.2. The summed E-state index contributed by atoms with van der Waals surface area (Å²) >= 11 is 0. The lowest BCUT2D eigenvalue weighted by atomic mass is 9.83. The monoisotopic (exact) mass is 2000 g/mol. The van der Waals surface area contributed by atoms with Gasteiger partial charge in [0.05, 0.1) is 146 Å². The maximum atomic E-state index is 12.3. The molecule has 42 nitrogen and oxygen atoms in total. The molecule has 0 aromatic heterocycles. The second-order valence-corrected chi connectivity index (χ2v) is 37.7. The molecule has 12 aliphatic heterocycles. The Labute approximate surface area is 816 Å². The van der Waals surface area contributed by atoms with Gasteiger partial charge in [0.15, 0.2) is 36.2 Å². The Morgan fingerprint density at radius 2 is 0.546 bits per heavy atom. The molecule has 42 heteroatoms. The zero-order chi connectivity index (χ0) is 103. The largest absolute Gasteiger partial charge is 0.481 e. The van der Waals surface area contributed by atoms with E-state index in [1.54, 1.807) is 169 Å². The molecule has 12 rings (SSSR count). The van der Waals surface area contributed by atoms with Crippen molar-refractivity contribution in [2.45, 2.75) is 375 Å². The Hall–Kier alpha value is -8.28. The first-order valence-electron chi connectivity index (χ1n) is 47.7. The summed E-state index contributed by atoms with van der Waals surface area (Å²) in [6.45, 7) is 10.0. The number of rotatable bonds is 9. The van der Waals surface area contributed by atoms with Gasteiger partial charge in [0.1, 0.15) is 72.7 Å². The Balaban J connectivity index is 0.000000218. The molecule has 141 heavy (non-hydrogen) atoms. The van der Waals surface area contributed by atoms with Gasteiger partial charge in [-0.1, -0.05) is 146 Å². The molecule has 42 atom stereocenters. The van der Waals surface area contributed by atoms with Crippen LogP contribution in [0.1, 0.15) is 138 Å². The summed E-state index contributed by atoms with van der Waals surface area (Å²) in [7, 11) is 0. The van der Waals surface area contributed by atoms with Gasteiger partial charge in [0.25, 0.3) is 0 Å². The van der Waals surface area contributed by atoms with Crippen molar-refractivity contribution in [2.24, 2.45) is 35.0 Å². The van der Waals surface area contributed by atoms with E-state index in [1.165, 1.54) is 36.5 Å². The molecule has 0 unspecified atom stereocenters. The topological polar surface area (TPSA) is 693 Å². The minimum atomic E-state index is -2.10. The summed E-state index contributed by atoms with van der Waals surface area (Å²) in [5.41, 5.74) is 17.9. The van der Waals surface area contributed by atoms with Crippen molar-refractivity contribution in [1.29, 1.82) is 0 Å². The molecule has 0 radical (unpaired) electrons. The van der Waals surface area contributed by atoms with E-state index in [2.05, 4.69) is 0 Å². The first-order valence-corrected chi connectivity index (χ1v) is 47.7. The number of aliphatic carboxylic acids is 3. The van der Waals surface area contributed by atoms with Gasteiger partial charge in [0.2, 0.25) is 0 Å². The van der Waals surface area contributed by atoms with Crippen LogP contribution >= 0.6 is 0 Å². The maximum Gasteiger partial charge on any atom is 0.330 e. The van der Waals surface area contributed by atoms with Crippen LogP contribution in [-0.2, 0) is 99.8 Å². The number of carboxylic acid groups (broad SMARTS) is 3. The van der Waals surface area contributed by atoms with Gasteiger partial charge in [0, 0.05) is 115 Å². The zero-order valence-corrected chi connectivity index (χ0v) is 79.3. The Morgan fingerprint density at radius 1 is 0.312 bits per heavy atom. The number of allylic oxidation sites excluding steroid dienone is 18. The molecule has 0 aromatic rings. The number of hydrogen-bond acceptors (Lipinski definition) is 39. The minimum Gasteiger partial charge on any atom is -0.481 e. The number of carbonyl (C=O) groups excluding carboxylic acids is 3. The Morgan fingerprint density at radius 3 is 0.787 bits per heavy atom. The van der Waals surface area contributed by atoms with E-state index >= 15 is 0 Å². The number of esters is 3. The van der Waals surface area contributed by atoms with Gasteiger partial charge in [-0.2, -0.15) is 0 Å². The number of epoxide rings is 3. The average Bonchev–Trinajstić information content (AvgIpc) is 1.74. The van der Waals surface area contributed by atoms with Crippen LogP contribution in [0.4, 0.5) is 0 Å². The highest BCUT2D eigenvalue weighted by Gasteiger charge is 2.57. The zero-order valence-electron chi connectivity index (χ0n) is 79.3. The fourth-order valence-electron chi connectivity index (χ4n) is 18.0. The number of aliphatic hydroxyl groups excluding tert-OH is 12. The fraction of sp³-hybridized carbons (Fsp3) is 0.636. The Kier molecular flexibility index (Phi) is 43.7. The van der Waals surface area contributed by atoms with Gasteiger partial charge in [-0.25, -0.2) is 14.4 Å². The second-order valence-electron chi connectivity index (χ2n) is 37.7. The first kappa shape index (κ1) is 115. The first-order chi connectivity index (χ1) is 66.8. The number of cyclic esters (lactones) is 3. The number of ether oxygens (including phenoxy) is 15. The molecular weight excluding hydrogens is 1860 g/mol. The molecule has 12 heterocycles. The van der Waals surface area contributed by atoms with Crippen LogP contribution in [0.15, 0.2) is 182 Å². The van der Waals surface area contributed by atoms with Crippen LogP contribution in [-0.4, -0.2) is 365 Å². The van der Waals surface area contributed by atoms with E-state index in [1.807, 2.05) is 18.2 Å². The van der Waals surface area contributed by atoms with Gasteiger partial charge in [-0.15, -0.1) is 0 Å². The number of aliphatic hydroxyl groups is 15. The molecule has 786 valence electrons. The van der Waals surface area contributed by atoms with Crippen molar-refractivity contribution >= 4 is 35.8 Å². The summed E-state index contributed by atoms with van der Waals surface area (Å²) in [6.07, 6.45) is 15.8. The molecule has 0 spiro atoms. The molecule has 9 fully saturated rings. The molecular formula is C99H141N3O39. The lowest BCUT2D eigenvalue weighted by Gasteiger charge is -2.45. The van der Waals surface area contributed by atoms with Crippen molar-refractivity contribution in [2.75, 3.05) is 0 Å². The van der Waals surface area contributed by atoms with Crippen LogP contribution < -0.4 is 17.2 Å². The summed E-state index contributed by atoms with van der Waals surface area (Å²) in [5.74, 6) is -16.3. The van der Waals surface area contributed by atoms with Crippen LogP contribution in [0.25, 0.3) is 0 Å². The van der Waals surface area contributed by atoms with Crippen molar-refractivity contribution in [3.63, 3.8) is 0 Å². The van der Waals surface area contributed by atoms with E-state index in [9.17, 15) is 121 Å². The minimum absolute atomic E-state index is 0.0789. The highest BCUT2D eigenvalue weighted by molar-refractivity contribution is 5.83. The van der Waals surface area contributed by atoms with Crippen molar-refractivity contribution < 1.29 is 192 Å². The standard InChI is InChI=1S/3C33H47NO13/c3*1-18-10-8-6-4-3-5-7-9-11-21(45-32-30(39)28(34)29(38)19(2)44-32)15-25-27(31(40)41)22(36)17-33(42,47-25)16-20(35)14-24-23(46-24)12-13-26(37)43-18/h3*3-9,11-13,18-25,27-30,32,35-36,38-39,42H,10,14-17,34H2,1-2H3,(H,40,41)/b3*4-3+,7-5+,8-6+,11-9+,13-12+/t3*18-,19-,20+,21+,22+,23-,24-,25+,27-,28+,29-,30+,32+,33-/m111/s1. The fourth-order valence-corrected chi connectivity index (χ4v) is 18.0. The van der Waals surface area contributed by atoms with Gasteiger partial charge in [-0.3, -0.25) is 14.4 Å². The highest BCUT2D eigenvalue weighted by atomic mass is 16.7. The third-order valence-electron chi connectivity index (χ3n) is 25.7. The highest BCUT2D eigenvalue weighted by Crippen LogP contribution is 2.44. The Bertz CT molecular complexity index is 4090. The van der Waals surface area contributed by atoms with Crippen LogP contribution in [0.5, 0.6) is 0 Å². The van der Waals surface area contributed by atoms with E-state index in [4.69, 9.17) is 88.3 Å². The summed E-state index contributed by atoms with van der Waals surface area (Å²) < 4.78 is 85.5. The molecule has 0 saturated carbocycles. The predicted octanol–water partition coefficient (Wildman–Crippen LogP) is 0.359. The number of fused-ring (bicyclic) bond motifs is 9. The predicted molar refractivity (Wildman–Crippen MR) is 495 cm³/mol. The van der Waals surface area contributed by atoms with Gasteiger partial charge >= 0.3 is 35.8 Å². The lowest BCUT2D eigenvalue weighted by Crippen LogP contribution is -2.61. The van der Waals surface area contributed by atoms with E-state index in [0.29, 0.717) is 19.3 Å². The van der Waals surface area contributed by atoms with Crippen molar-refractivity contribution in [1.82, 2.24) is 0 Å². The van der Waals surface area contributed by atoms with Crippen LogP contribution in [0, 0.1) is 17.8 Å². The van der Waals surface area contributed by atoms with Crippen molar-refractivity contribution in [3.8, 4) is 0 Å². The molecule has 0 aliphatic carbocycles. The van der Waals surface area contributed by atoms with E-state index in [-0.39, 0.29) is 76.1 Å². The maximum absolute atomic E-state index is 12.3. The SMILES string of the molecule is C[C@@H]1C/C=C/C=C/C=C/C=C/[C@H](O[C@@H]2O[C@H](C)[C@@H](O)[C@H](N)[C@@H]2O)C[C@@H]2O[C@](O)(C[C@@H](O)C[C@H]3O[C@@H]3/C=C/C(=O)O1)C[C@H](O)[C@H]2C(=O)O.C[C@@H]1C/C=C/C=C/C=C/C=C/[C@H](O[C@@H]2O[C@H](C)[C@@H](O)[C@H](N)[C@@H]2O)C[C@@H]2O[C@](O)(C[C@@H](O)C[C@H]3O[C@@H]3/C=C/C(=O)O1)C[C@H](O)[C@H]2C(=O)O.C[C@@H]1C/C=C/C=C/C=C/C=C/[C@H](O[C@@H]2O[C@H](C)[C@@H](O)[C@H](N)[C@@H]2O)C[C@@H]2O[C@](O)(C[C@@H](O)C[C@H]3O[C@@H]3/C=C/C(=O)O1)C[C@H](O)[C@H]2C(=O)O. The molecule has 6 bridgehead atoms. The molecule has 0 amide bonds. The number of carboxylic acids is 3.